The van der Waals surface area contributed by atoms with Gasteiger partial charge < -0.3 is 4.90 Å². The molecule has 0 saturated carbocycles. The number of hydrogen-bond acceptors (Lipinski definition) is 2. The van der Waals surface area contributed by atoms with Crippen LogP contribution in [0.2, 0.25) is 0 Å². The molecule has 64 valence electrons. The smallest absolute Gasteiger partial charge is 0.252 e. The molecule has 0 atom stereocenters. The lowest BCUT2D eigenvalue weighted by Gasteiger charge is -2.11. The van der Waals surface area contributed by atoms with Crippen LogP contribution in [0, 0.1) is 0 Å². The van der Waals surface area contributed by atoms with E-state index < -0.39 is 19.2 Å². The highest BCUT2D eigenvalue weighted by atomic mass is 35.5. The first kappa shape index (κ1) is 3.79. The minimum absolute atomic E-state index is 0.0309. The van der Waals surface area contributed by atoms with Gasteiger partial charge in [-0.05, 0) is 35.9 Å². The van der Waals surface area contributed by atoms with Gasteiger partial charge in [0.1, 0.15) is 0 Å². The Morgan fingerprint density at radius 3 is 2.42 bits per heavy atom. The summed E-state index contributed by atoms with van der Waals surface area (Å²) in [5.41, 5.74) is 0.133. The largest absolute Gasteiger partial charge is 0.378 e. The fraction of sp³-hybridized carbons (Fsp3) is 0.222. The minimum Gasteiger partial charge on any atom is -0.378 e. The number of carbonyl (C=O) groups is 1. The Labute approximate surface area is 85.2 Å². The molecule has 0 heterocycles. The van der Waals surface area contributed by atoms with Crippen LogP contribution in [0.5, 0.6) is 0 Å². The molecule has 1 rings (SSSR count). The van der Waals surface area contributed by atoms with Crippen molar-refractivity contribution in [2.45, 2.75) is 0 Å². The van der Waals surface area contributed by atoms with Gasteiger partial charge in [-0.3, -0.25) is 4.79 Å². The maximum absolute atomic E-state index is 10.8. The van der Waals surface area contributed by atoms with E-state index in [9.17, 15) is 4.79 Å². The zero-order valence-electron chi connectivity index (χ0n) is 12.0. The second-order valence-corrected chi connectivity index (χ2v) is 2.50. The van der Waals surface area contributed by atoms with Gasteiger partial charge in [-0.2, -0.15) is 0 Å². The maximum atomic E-state index is 10.8. The average Bonchev–Trinajstić information content (AvgIpc) is 2.13. The zero-order valence-corrected chi connectivity index (χ0v) is 6.80. The van der Waals surface area contributed by atoms with Crippen molar-refractivity contribution in [2.24, 2.45) is 0 Å². The number of nitrogens with zero attached hydrogens (tertiary/aromatic N) is 1. The molecule has 12 heavy (non-hydrogen) atoms. The molecule has 0 N–H and O–H groups in total. The van der Waals surface area contributed by atoms with E-state index in [-0.39, 0.29) is 11.3 Å². The van der Waals surface area contributed by atoms with Gasteiger partial charge >= 0.3 is 0 Å². The molecule has 1 aromatic rings. The van der Waals surface area contributed by atoms with E-state index in [0.717, 1.165) is 0 Å². The van der Waals surface area contributed by atoms with E-state index in [1.165, 1.54) is 24.3 Å². The fourth-order valence-corrected chi connectivity index (χ4v) is 0.868. The molecule has 0 unspecified atom stereocenters. The quantitative estimate of drug-likeness (QED) is 0.665. The summed E-state index contributed by atoms with van der Waals surface area (Å²) in [5.74, 6) is 0. The normalized spacial score (nSPS) is 19.1. The lowest BCUT2D eigenvalue weighted by Crippen LogP contribution is -2.08. The topological polar surface area (TPSA) is 20.3 Å². The number of halogens is 1. The van der Waals surface area contributed by atoms with Crippen molar-refractivity contribution < 1.29 is 13.0 Å². The van der Waals surface area contributed by atoms with Crippen LogP contribution in [0.4, 0.5) is 5.69 Å². The molecule has 0 amide bonds. The van der Waals surface area contributed by atoms with Gasteiger partial charge in [0.05, 0.1) is 0 Å². The van der Waals surface area contributed by atoms with Crippen LogP contribution in [0.25, 0.3) is 0 Å². The number of anilines is 1. The van der Waals surface area contributed by atoms with E-state index in [1.807, 2.05) is 0 Å². The van der Waals surface area contributed by atoms with Crippen LogP contribution >= 0.6 is 11.6 Å². The van der Waals surface area contributed by atoms with E-state index in [1.54, 1.807) is 0 Å². The van der Waals surface area contributed by atoms with E-state index in [0.29, 0.717) is 4.90 Å². The standard InChI is InChI=1S/C9H10ClNO/c1-11(2)8-5-3-7(4-6-8)9(10)12/h3-6H,1-2H3/i1D3,2D3. The first-order valence-corrected chi connectivity index (χ1v) is 3.51. The van der Waals surface area contributed by atoms with Crippen molar-refractivity contribution in [1.29, 1.82) is 0 Å². The number of rotatable bonds is 2. The number of benzene rings is 1. The molecular weight excluding hydrogens is 174 g/mol. The Morgan fingerprint density at radius 2 is 2.00 bits per heavy atom. The number of hydrogen-bond donors (Lipinski definition) is 0. The van der Waals surface area contributed by atoms with Crippen molar-refractivity contribution in [3.05, 3.63) is 29.8 Å². The van der Waals surface area contributed by atoms with E-state index in [4.69, 9.17) is 19.8 Å². The first-order valence-electron chi connectivity index (χ1n) is 6.14. The molecular formula is C9H10ClNO. The van der Waals surface area contributed by atoms with Gasteiger partial charge in [0, 0.05) is 33.4 Å². The fourth-order valence-electron chi connectivity index (χ4n) is 0.742. The van der Waals surface area contributed by atoms with Gasteiger partial charge in [-0.15, -0.1) is 0 Å². The second-order valence-electron chi connectivity index (χ2n) is 2.16. The lowest BCUT2D eigenvalue weighted by atomic mass is 10.2. The summed E-state index contributed by atoms with van der Waals surface area (Å²) in [5, 5.41) is -0.698. The molecule has 0 bridgehead atoms. The van der Waals surface area contributed by atoms with Gasteiger partial charge in [-0.25, -0.2) is 0 Å². The minimum atomic E-state index is -2.81. The number of carbonyl (C=O) groups excluding carboxylic acids is 1. The van der Waals surface area contributed by atoms with Crippen molar-refractivity contribution in [1.82, 2.24) is 0 Å². The van der Waals surface area contributed by atoms with Crippen molar-refractivity contribution >= 4 is 22.5 Å². The van der Waals surface area contributed by atoms with Crippen LogP contribution in [0.3, 0.4) is 0 Å². The third-order valence-corrected chi connectivity index (χ3v) is 1.57. The summed E-state index contributed by atoms with van der Waals surface area (Å²) in [7, 11) is 0. The van der Waals surface area contributed by atoms with Crippen LogP contribution < -0.4 is 4.90 Å². The molecule has 0 aliphatic heterocycles. The molecule has 0 radical (unpaired) electrons. The maximum Gasteiger partial charge on any atom is 0.252 e. The van der Waals surface area contributed by atoms with Crippen molar-refractivity contribution in [3.8, 4) is 0 Å². The van der Waals surface area contributed by atoms with E-state index >= 15 is 0 Å². The molecule has 0 aliphatic rings. The van der Waals surface area contributed by atoms with Crippen molar-refractivity contribution in [2.75, 3.05) is 18.9 Å². The Morgan fingerprint density at radius 1 is 1.42 bits per heavy atom. The highest BCUT2D eigenvalue weighted by molar-refractivity contribution is 6.67. The SMILES string of the molecule is [2H]C([2H])([2H])N(c1ccc(C(=O)Cl)cc1)C([2H])([2H])[2H]. The summed E-state index contributed by atoms with van der Waals surface area (Å²) < 4.78 is 43.4. The van der Waals surface area contributed by atoms with Crippen LogP contribution in [0.1, 0.15) is 18.6 Å². The zero-order chi connectivity index (χ0) is 14.1. The summed E-state index contributed by atoms with van der Waals surface area (Å²) >= 11 is 5.24. The Hall–Kier alpha value is -1.02. The van der Waals surface area contributed by atoms with Gasteiger partial charge in [0.25, 0.3) is 5.24 Å². The summed E-state index contributed by atoms with van der Waals surface area (Å²) in [4.78, 5) is 11.2. The molecule has 0 aromatic heterocycles. The van der Waals surface area contributed by atoms with Crippen molar-refractivity contribution in [3.63, 3.8) is 0 Å². The second kappa shape index (κ2) is 3.59. The average molecular weight is 190 g/mol. The van der Waals surface area contributed by atoms with Gasteiger partial charge in [0.2, 0.25) is 0 Å². The lowest BCUT2D eigenvalue weighted by molar-refractivity contribution is 0.108. The molecule has 0 aliphatic carbocycles. The Bertz CT molecular complexity index is 424. The Kier molecular flexibility index (Phi) is 1.13. The molecule has 0 saturated heterocycles. The molecule has 2 nitrogen and oxygen atoms in total. The first-order chi connectivity index (χ1) is 8.03. The van der Waals surface area contributed by atoms with Crippen LogP contribution in [-0.4, -0.2) is 19.2 Å². The third-order valence-electron chi connectivity index (χ3n) is 1.35. The highest BCUT2D eigenvalue weighted by Crippen LogP contribution is 2.13. The molecule has 0 spiro atoms. The molecule has 0 fully saturated rings. The molecule has 3 heteroatoms. The summed E-state index contributed by atoms with van der Waals surface area (Å²) in [6.45, 7) is -5.62. The predicted octanol–water partition coefficient (Wildman–Crippen LogP) is 2.13. The highest BCUT2D eigenvalue weighted by Gasteiger charge is 2.00. The van der Waals surface area contributed by atoms with Crippen LogP contribution in [-0.2, 0) is 0 Å². The predicted molar refractivity (Wildman–Crippen MR) is 51.0 cm³/mol. The Balaban J connectivity index is 3.20. The van der Waals surface area contributed by atoms with E-state index in [2.05, 4.69) is 0 Å². The van der Waals surface area contributed by atoms with Gasteiger partial charge in [0.15, 0.2) is 0 Å². The third kappa shape index (κ3) is 1.98. The summed E-state index contributed by atoms with van der Waals surface area (Å²) in [6.07, 6.45) is 0. The van der Waals surface area contributed by atoms with Gasteiger partial charge in [-0.1, -0.05) is 0 Å². The monoisotopic (exact) mass is 189 g/mol. The summed E-state index contributed by atoms with van der Waals surface area (Å²) in [6, 6.07) is 5.01. The van der Waals surface area contributed by atoms with Crippen LogP contribution in [0.15, 0.2) is 24.3 Å². The molecule has 1 aromatic carbocycles.